The summed E-state index contributed by atoms with van der Waals surface area (Å²) in [6, 6.07) is 10.3. The molecule has 0 aromatic heterocycles. The number of hydrogen-bond acceptors (Lipinski definition) is 3. The summed E-state index contributed by atoms with van der Waals surface area (Å²) in [6.45, 7) is 0. The number of primary sulfonamides is 1. The van der Waals surface area contributed by atoms with Gasteiger partial charge in [0.05, 0.1) is 4.90 Å². The highest BCUT2D eigenvalue weighted by molar-refractivity contribution is 7.89. The topological polar surface area (TPSA) is 77.2 Å². The highest BCUT2D eigenvalue weighted by Gasteiger charge is 2.39. The summed E-state index contributed by atoms with van der Waals surface area (Å²) >= 11 is 0. The van der Waals surface area contributed by atoms with Gasteiger partial charge < -0.3 is 0 Å². The first-order valence-corrected chi connectivity index (χ1v) is 7.49. The molecule has 0 heterocycles. The quantitative estimate of drug-likeness (QED) is 0.880. The van der Waals surface area contributed by atoms with Crippen molar-refractivity contribution < 1.29 is 26.4 Å². The Bertz CT molecular complexity index is 812. The van der Waals surface area contributed by atoms with Crippen LogP contribution in [0, 0.1) is 0 Å². The van der Waals surface area contributed by atoms with Gasteiger partial charge in [0.1, 0.15) is 0 Å². The van der Waals surface area contributed by atoms with Crippen molar-refractivity contribution in [3.63, 3.8) is 0 Å². The molecule has 2 rings (SSSR count). The maximum Gasteiger partial charge on any atom is 0.454 e. The van der Waals surface area contributed by atoms with Crippen molar-refractivity contribution in [3.8, 4) is 11.1 Å². The third kappa shape index (κ3) is 3.34. The zero-order valence-corrected chi connectivity index (χ0v) is 11.8. The van der Waals surface area contributed by atoms with Gasteiger partial charge in [0, 0.05) is 11.1 Å². The van der Waals surface area contributed by atoms with Crippen molar-refractivity contribution in [3.05, 3.63) is 54.1 Å². The van der Waals surface area contributed by atoms with Gasteiger partial charge in [0.15, 0.2) is 0 Å². The van der Waals surface area contributed by atoms with E-state index in [1.54, 1.807) is 6.07 Å². The number of alkyl halides is 3. The first kappa shape index (κ1) is 16.2. The molecule has 0 saturated heterocycles. The number of rotatable bonds is 3. The van der Waals surface area contributed by atoms with Gasteiger partial charge in [0.2, 0.25) is 10.0 Å². The Labute approximate surface area is 124 Å². The number of nitrogens with two attached hydrogens (primary N) is 1. The summed E-state index contributed by atoms with van der Waals surface area (Å²) < 4.78 is 60.0. The van der Waals surface area contributed by atoms with Crippen LogP contribution in [0.1, 0.15) is 10.4 Å². The SMILES string of the molecule is NS(=O)(=O)c1ccccc1-c1ccc(C(=O)C(F)(F)F)cc1. The summed E-state index contributed by atoms with van der Waals surface area (Å²) in [5.41, 5.74) is 0.0590. The molecule has 0 aliphatic rings. The second kappa shape index (κ2) is 5.54. The number of carbonyl (C=O) groups excluding carboxylic acids is 1. The summed E-state index contributed by atoms with van der Waals surface area (Å²) in [5, 5.41) is 5.10. The normalized spacial score (nSPS) is 12.2. The van der Waals surface area contributed by atoms with Crippen LogP contribution in [0.25, 0.3) is 11.1 Å². The van der Waals surface area contributed by atoms with Crippen LogP contribution in [0.2, 0.25) is 0 Å². The molecule has 0 saturated carbocycles. The summed E-state index contributed by atoms with van der Waals surface area (Å²) in [7, 11) is -3.98. The molecule has 0 aliphatic heterocycles. The minimum Gasteiger partial charge on any atom is -0.284 e. The Morgan fingerprint density at radius 3 is 2.00 bits per heavy atom. The minimum atomic E-state index is -4.96. The second-order valence-corrected chi connectivity index (χ2v) is 5.98. The van der Waals surface area contributed by atoms with Crippen molar-refractivity contribution in [1.29, 1.82) is 0 Å². The minimum absolute atomic E-state index is 0.148. The third-order valence-corrected chi connectivity index (χ3v) is 3.88. The number of hydrogen-bond donors (Lipinski definition) is 1. The Morgan fingerprint density at radius 1 is 0.955 bits per heavy atom. The van der Waals surface area contributed by atoms with E-state index >= 15 is 0 Å². The van der Waals surface area contributed by atoms with Gasteiger partial charge in [-0.3, -0.25) is 4.79 Å². The maximum atomic E-state index is 12.3. The lowest BCUT2D eigenvalue weighted by Gasteiger charge is -2.09. The Balaban J connectivity index is 2.47. The average Bonchev–Trinajstić information content (AvgIpc) is 2.45. The number of carbonyl (C=O) groups is 1. The van der Waals surface area contributed by atoms with Crippen molar-refractivity contribution >= 4 is 15.8 Å². The molecule has 0 amide bonds. The monoisotopic (exact) mass is 329 g/mol. The summed E-state index contributed by atoms with van der Waals surface area (Å²) in [5.74, 6) is -1.96. The van der Waals surface area contributed by atoms with E-state index in [1.807, 2.05) is 0 Å². The molecule has 4 nitrogen and oxygen atoms in total. The molecular formula is C14H10F3NO3S. The molecule has 8 heteroatoms. The Kier molecular flexibility index (Phi) is 4.08. The predicted octanol–water partition coefficient (Wildman–Crippen LogP) is 2.75. The molecule has 0 bridgehead atoms. The molecular weight excluding hydrogens is 319 g/mol. The van der Waals surface area contributed by atoms with Crippen LogP contribution in [-0.4, -0.2) is 20.4 Å². The van der Waals surface area contributed by atoms with Crippen LogP contribution in [0.15, 0.2) is 53.4 Å². The predicted molar refractivity (Wildman–Crippen MR) is 73.6 cm³/mol. The Morgan fingerprint density at radius 2 is 1.50 bits per heavy atom. The van der Waals surface area contributed by atoms with Gasteiger partial charge in [-0.15, -0.1) is 0 Å². The average molecular weight is 329 g/mol. The van der Waals surface area contributed by atoms with E-state index < -0.39 is 27.5 Å². The molecule has 0 spiro atoms. The number of Topliss-reactive ketones (excluding diaryl/α,β-unsaturated/α-hetero) is 1. The molecule has 0 aliphatic carbocycles. The highest BCUT2D eigenvalue weighted by atomic mass is 32.2. The van der Waals surface area contributed by atoms with Gasteiger partial charge >= 0.3 is 6.18 Å². The van der Waals surface area contributed by atoms with Crippen LogP contribution >= 0.6 is 0 Å². The molecule has 0 atom stereocenters. The maximum absolute atomic E-state index is 12.3. The lowest BCUT2D eigenvalue weighted by molar-refractivity contribution is -0.0885. The van der Waals surface area contributed by atoms with E-state index in [0.717, 1.165) is 12.1 Å². The van der Waals surface area contributed by atoms with E-state index in [9.17, 15) is 26.4 Å². The largest absolute Gasteiger partial charge is 0.454 e. The number of benzene rings is 2. The van der Waals surface area contributed by atoms with Gasteiger partial charge in [-0.2, -0.15) is 13.2 Å². The van der Waals surface area contributed by atoms with Gasteiger partial charge in [-0.25, -0.2) is 13.6 Å². The van der Waals surface area contributed by atoms with E-state index in [2.05, 4.69) is 0 Å². The number of halogens is 3. The fraction of sp³-hybridized carbons (Fsp3) is 0.0714. The molecule has 0 fully saturated rings. The summed E-state index contributed by atoms with van der Waals surface area (Å²) in [4.78, 5) is 11.0. The first-order valence-electron chi connectivity index (χ1n) is 5.94. The summed E-state index contributed by atoms with van der Waals surface area (Å²) in [6.07, 6.45) is -4.96. The fourth-order valence-electron chi connectivity index (χ4n) is 1.92. The lowest BCUT2D eigenvalue weighted by atomic mass is 10.0. The van der Waals surface area contributed by atoms with Gasteiger partial charge in [-0.1, -0.05) is 42.5 Å². The number of ketones is 1. The van der Waals surface area contributed by atoms with E-state index in [1.165, 1.54) is 30.3 Å². The van der Waals surface area contributed by atoms with Crippen molar-refractivity contribution in [2.45, 2.75) is 11.1 Å². The van der Waals surface area contributed by atoms with Crippen LogP contribution in [0.3, 0.4) is 0 Å². The lowest BCUT2D eigenvalue weighted by Crippen LogP contribution is -2.22. The molecule has 2 aromatic carbocycles. The van der Waals surface area contributed by atoms with Gasteiger partial charge in [-0.05, 0) is 11.6 Å². The molecule has 0 unspecified atom stereocenters. The molecule has 22 heavy (non-hydrogen) atoms. The van der Waals surface area contributed by atoms with Crippen molar-refractivity contribution in [2.24, 2.45) is 5.14 Å². The Hall–Kier alpha value is -2.19. The van der Waals surface area contributed by atoms with Crippen LogP contribution in [0.4, 0.5) is 13.2 Å². The molecule has 2 aromatic rings. The van der Waals surface area contributed by atoms with Crippen LogP contribution in [0.5, 0.6) is 0 Å². The van der Waals surface area contributed by atoms with Gasteiger partial charge in [0.25, 0.3) is 5.78 Å². The van der Waals surface area contributed by atoms with Crippen LogP contribution in [-0.2, 0) is 10.0 Å². The standard InChI is InChI=1S/C14H10F3NO3S/c15-14(16,17)13(19)10-7-5-9(6-8-10)11-3-1-2-4-12(11)22(18,20)21/h1-8H,(H2,18,20,21). The zero-order chi connectivity index (χ0) is 16.5. The number of sulfonamides is 1. The van der Waals surface area contributed by atoms with Crippen molar-refractivity contribution in [2.75, 3.05) is 0 Å². The second-order valence-electron chi connectivity index (χ2n) is 4.45. The zero-order valence-electron chi connectivity index (χ0n) is 11.0. The third-order valence-electron chi connectivity index (χ3n) is 2.91. The smallest absolute Gasteiger partial charge is 0.284 e. The van der Waals surface area contributed by atoms with Crippen molar-refractivity contribution in [1.82, 2.24) is 0 Å². The van der Waals surface area contributed by atoms with E-state index in [0.29, 0.717) is 5.56 Å². The van der Waals surface area contributed by atoms with E-state index in [4.69, 9.17) is 5.14 Å². The van der Waals surface area contributed by atoms with E-state index in [-0.39, 0.29) is 10.5 Å². The molecule has 0 radical (unpaired) electrons. The van der Waals surface area contributed by atoms with Crippen LogP contribution < -0.4 is 5.14 Å². The molecule has 2 N–H and O–H groups in total. The first-order chi connectivity index (χ1) is 10.1. The molecule has 116 valence electrons. The fourth-order valence-corrected chi connectivity index (χ4v) is 2.68. The highest BCUT2D eigenvalue weighted by Crippen LogP contribution is 2.28.